The summed E-state index contributed by atoms with van der Waals surface area (Å²) >= 11 is 0. The number of benzene rings is 2. The van der Waals surface area contributed by atoms with E-state index in [1.54, 1.807) is 35.3 Å². The fraction of sp³-hybridized carbons (Fsp3) is 0.241. The minimum absolute atomic E-state index is 0.0214. The largest absolute Gasteiger partial charge is 0.416 e. The number of carbonyl (C=O) groups excluding carboxylic acids is 1. The number of pyridine rings is 1. The van der Waals surface area contributed by atoms with Crippen molar-refractivity contribution in [1.82, 2.24) is 35.0 Å². The lowest BCUT2D eigenvalue weighted by molar-refractivity contribution is -0.137. The Labute approximate surface area is 238 Å². The number of alkyl halides is 3. The van der Waals surface area contributed by atoms with E-state index in [1.165, 1.54) is 10.6 Å². The molecule has 0 spiro atoms. The van der Waals surface area contributed by atoms with Crippen molar-refractivity contribution in [1.29, 1.82) is 0 Å². The number of nitrogens with two attached hydrogens (primary N) is 1. The van der Waals surface area contributed by atoms with Gasteiger partial charge in [-0.25, -0.2) is 14.0 Å². The van der Waals surface area contributed by atoms with E-state index in [0.29, 0.717) is 45.8 Å². The Morgan fingerprint density at radius 3 is 2.69 bits per heavy atom. The molecule has 1 aliphatic rings. The van der Waals surface area contributed by atoms with E-state index in [0.717, 1.165) is 37.2 Å². The molecule has 6 rings (SSSR count). The van der Waals surface area contributed by atoms with Crippen molar-refractivity contribution in [3.63, 3.8) is 0 Å². The number of nitrogens with zero attached hydrogens (tertiary/aromatic N) is 5. The van der Waals surface area contributed by atoms with Crippen LogP contribution in [0.2, 0.25) is 0 Å². The Morgan fingerprint density at radius 2 is 1.95 bits per heavy atom. The van der Waals surface area contributed by atoms with Gasteiger partial charge in [-0.15, -0.1) is 5.10 Å². The van der Waals surface area contributed by atoms with Crippen LogP contribution in [0.5, 0.6) is 0 Å². The molecular weight excluding hydrogens is 547 g/mol. The van der Waals surface area contributed by atoms with Crippen LogP contribution in [0.3, 0.4) is 0 Å². The van der Waals surface area contributed by atoms with Crippen LogP contribution in [0.4, 0.5) is 29.6 Å². The number of carbonyl (C=O) groups is 1. The van der Waals surface area contributed by atoms with Crippen molar-refractivity contribution >= 4 is 23.3 Å². The molecule has 1 saturated heterocycles. The summed E-state index contributed by atoms with van der Waals surface area (Å²) in [4.78, 5) is 17.3. The van der Waals surface area contributed by atoms with Gasteiger partial charge >= 0.3 is 12.2 Å². The highest BCUT2D eigenvalue weighted by atomic mass is 19.4. The van der Waals surface area contributed by atoms with Crippen LogP contribution >= 0.6 is 0 Å². The average molecular weight is 576 g/mol. The van der Waals surface area contributed by atoms with Crippen LogP contribution in [-0.2, 0) is 6.18 Å². The van der Waals surface area contributed by atoms with Crippen molar-refractivity contribution in [3.8, 4) is 28.1 Å². The molecule has 4 heterocycles. The standard InChI is InChI=1S/C29H28F3N9O/c1-17-23(24-11-13-35-41(24)22-9-7-20(33)8-10-22)16-40-26(25(17)18-4-2-5-19(14-18)29(30,31)32)37-27(39-40)38-28(42)36-21-6-3-12-34-15-21/h2,4-5,7-11,13-14,16,21,34H,3,6,12,15,33H2,1H3,(H2,36,38,39,42)/t21-/m1/s1. The monoisotopic (exact) mass is 575 g/mol. The molecule has 0 radical (unpaired) electrons. The van der Waals surface area contributed by atoms with Gasteiger partial charge in [0.1, 0.15) is 0 Å². The van der Waals surface area contributed by atoms with Crippen molar-refractivity contribution in [2.45, 2.75) is 32.0 Å². The molecule has 5 N–H and O–H groups in total. The van der Waals surface area contributed by atoms with E-state index in [2.05, 4.69) is 31.1 Å². The number of aromatic nitrogens is 5. The molecule has 3 aromatic heterocycles. The Hall–Kier alpha value is -4.91. The molecule has 0 bridgehead atoms. The van der Waals surface area contributed by atoms with Gasteiger partial charge in [0, 0.05) is 35.6 Å². The smallest absolute Gasteiger partial charge is 0.399 e. The maximum absolute atomic E-state index is 13.7. The molecule has 13 heteroatoms. The van der Waals surface area contributed by atoms with Crippen LogP contribution in [0.1, 0.15) is 24.0 Å². The van der Waals surface area contributed by atoms with Crippen LogP contribution in [-0.4, -0.2) is 49.5 Å². The fourth-order valence-corrected chi connectivity index (χ4v) is 5.24. The molecule has 10 nitrogen and oxygen atoms in total. The van der Waals surface area contributed by atoms with Gasteiger partial charge in [-0.2, -0.15) is 23.3 Å². The summed E-state index contributed by atoms with van der Waals surface area (Å²) in [6.45, 7) is 3.39. The molecule has 1 aliphatic heterocycles. The average Bonchev–Trinajstić information content (AvgIpc) is 3.60. The number of nitrogens with one attached hydrogen (secondary N) is 3. The number of fused-ring (bicyclic) bond motifs is 1. The summed E-state index contributed by atoms with van der Waals surface area (Å²) in [6, 6.07) is 13.6. The summed E-state index contributed by atoms with van der Waals surface area (Å²) in [5.41, 5.74) is 9.49. The van der Waals surface area contributed by atoms with Gasteiger partial charge in [0.25, 0.3) is 5.95 Å². The van der Waals surface area contributed by atoms with E-state index in [9.17, 15) is 18.0 Å². The number of halogens is 3. The highest BCUT2D eigenvalue weighted by Gasteiger charge is 2.31. The summed E-state index contributed by atoms with van der Waals surface area (Å²) < 4.78 is 44.3. The van der Waals surface area contributed by atoms with E-state index in [4.69, 9.17) is 5.73 Å². The molecule has 0 saturated carbocycles. The normalized spacial score (nSPS) is 15.6. The van der Waals surface area contributed by atoms with E-state index in [1.807, 2.05) is 25.1 Å². The highest BCUT2D eigenvalue weighted by Crippen LogP contribution is 2.38. The van der Waals surface area contributed by atoms with Crippen molar-refractivity contribution in [2.75, 3.05) is 24.1 Å². The van der Waals surface area contributed by atoms with Crippen molar-refractivity contribution < 1.29 is 18.0 Å². The number of rotatable bonds is 5. The molecule has 1 fully saturated rings. The number of hydrogen-bond donors (Lipinski definition) is 4. The zero-order chi connectivity index (χ0) is 29.4. The number of hydrogen-bond acceptors (Lipinski definition) is 6. The second kappa shape index (κ2) is 10.8. The topological polar surface area (TPSA) is 127 Å². The molecule has 1 atom stereocenters. The summed E-state index contributed by atoms with van der Waals surface area (Å²) in [7, 11) is 0. The zero-order valence-corrected chi connectivity index (χ0v) is 22.6. The Balaban J connectivity index is 1.47. The van der Waals surface area contributed by atoms with Gasteiger partial charge in [0.05, 0.1) is 23.1 Å². The molecule has 0 unspecified atom stereocenters. The number of anilines is 2. The van der Waals surface area contributed by atoms with Crippen molar-refractivity contribution in [3.05, 3.63) is 78.1 Å². The SMILES string of the molecule is Cc1c(-c2ccnn2-c2ccc(N)cc2)cn2nc(NC(=O)N[C@@H]3CCCNC3)nc2c1-c1cccc(C(F)(F)F)c1. The van der Waals surface area contributed by atoms with E-state index in [-0.39, 0.29) is 12.0 Å². The van der Waals surface area contributed by atoms with Crippen LogP contribution < -0.4 is 21.7 Å². The third-order valence-electron chi connectivity index (χ3n) is 7.28. The minimum Gasteiger partial charge on any atom is -0.399 e. The van der Waals surface area contributed by atoms with Gasteiger partial charge in [-0.3, -0.25) is 5.32 Å². The second-order valence-corrected chi connectivity index (χ2v) is 10.2. The third-order valence-corrected chi connectivity index (χ3v) is 7.28. The van der Waals surface area contributed by atoms with Gasteiger partial charge < -0.3 is 16.4 Å². The molecule has 0 aliphatic carbocycles. The van der Waals surface area contributed by atoms with Crippen LogP contribution in [0, 0.1) is 6.92 Å². The molecule has 216 valence electrons. The highest BCUT2D eigenvalue weighted by molar-refractivity contribution is 5.90. The zero-order valence-electron chi connectivity index (χ0n) is 22.6. The Morgan fingerprint density at radius 1 is 1.14 bits per heavy atom. The summed E-state index contributed by atoms with van der Waals surface area (Å²) in [6.07, 6.45) is 0.639. The number of piperidine rings is 1. The lowest BCUT2D eigenvalue weighted by Gasteiger charge is -2.23. The minimum atomic E-state index is -4.53. The fourth-order valence-electron chi connectivity index (χ4n) is 5.24. The van der Waals surface area contributed by atoms with Gasteiger partial charge in [-0.1, -0.05) is 12.1 Å². The maximum Gasteiger partial charge on any atom is 0.416 e. The quantitative estimate of drug-likeness (QED) is 0.218. The van der Waals surface area contributed by atoms with E-state index >= 15 is 0 Å². The number of urea groups is 1. The maximum atomic E-state index is 13.7. The summed E-state index contributed by atoms with van der Waals surface area (Å²) in [5.74, 6) is 0.0214. The third kappa shape index (κ3) is 5.38. The first-order valence-corrected chi connectivity index (χ1v) is 13.4. The number of amides is 2. The first-order valence-electron chi connectivity index (χ1n) is 13.4. The number of nitrogen functional groups attached to an aromatic ring is 1. The summed E-state index contributed by atoms with van der Waals surface area (Å²) in [5, 5.41) is 17.8. The van der Waals surface area contributed by atoms with Gasteiger partial charge in [0.2, 0.25) is 0 Å². The van der Waals surface area contributed by atoms with E-state index < -0.39 is 17.8 Å². The van der Waals surface area contributed by atoms with Crippen molar-refractivity contribution in [2.24, 2.45) is 0 Å². The molecule has 2 aromatic carbocycles. The lowest BCUT2D eigenvalue weighted by Crippen LogP contribution is -2.47. The van der Waals surface area contributed by atoms with Crippen LogP contribution in [0.15, 0.2) is 67.0 Å². The lowest BCUT2D eigenvalue weighted by atomic mass is 9.95. The van der Waals surface area contributed by atoms with Crippen LogP contribution in [0.25, 0.3) is 33.7 Å². The molecule has 42 heavy (non-hydrogen) atoms. The van der Waals surface area contributed by atoms with Gasteiger partial charge in [-0.05, 0) is 79.9 Å². The Bertz CT molecular complexity index is 1750. The first kappa shape index (κ1) is 27.3. The molecular formula is C29H28F3N9O. The molecule has 5 aromatic rings. The predicted octanol–water partition coefficient (Wildman–Crippen LogP) is 5.03. The first-order chi connectivity index (χ1) is 20.2. The molecule has 2 amide bonds. The Kier molecular flexibility index (Phi) is 7.02. The predicted molar refractivity (Wildman–Crippen MR) is 153 cm³/mol. The van der Waals surface area contributed by atoms with Gasteiger partial charge in [0.15, 0.2) is 5.65 Å². The second-order valence-electron chi connectivity index (χ2n) is 10.2.